The van der Waals surface area contributed by atoms with Gasteiger partial charge in [0.15, 0.2) is 5.17 Å². The number of thioether (sulfide) groups is 1. The number of hydrogen-bond donors (Lipinski definition) is 1. The molecule has 2 fully saturated rings. The van der Waals surface area contributed by atoms with E-state index in [-0.39, 0.29) is 24.3 Å². The van der Waals surface area contributed by atoms with Crippen LogP contribution in [0.5, 0.6) is 0 Å². The first-order valence-electron chi connectivity index (χ1n) is 12.3. The van der Waals surface area contributed by atoms with Crippen LogP contribution in [0.15, 0.2) is 51.6 Å². The number of benzene rings is 1. The van der Waals surface area contributed by atoms with E-state index in [1.165, 1.54) is 43.7 Å². The van der Waals surface area contributed by atoms with Gasteiger partial charge in [0.05, 0.1) is 30.8 Å². The summed E-state index contributed by atoms with van der Waals surface area (Å²) < 4.78 is 5.16. The number of amides is 1. The molecule has 1 aromatic rings. The van der Waals surface area contributed by atoms with Crippen LogP contribution >= 0.6 is 11.8 Å². The van der Waals surface area contributed by atoms with Gasteiger partial charge in [0.25, 0.3) is 0 Å². The fourth-order valence-corrected chi connectivity index (χ4v) is 6.93. The normalized spacial score (nSPS) is 27.6. The van der Waals surface area contributed by atoms with E-state index in [2.05, 4.69) is 48.3 Å². The first kappa shape index (κ1) is 23.2. The van der Waals surface area contributed by atoms with E-state index in [1.807, 2.05) is 12.3 Å². The fraction of sp³-hybridized carbons (Fsp3) is 0.519. The second-order valence-electron chi connectivity index (χ2n) is 10.2. The topological polar surface area (TPSA) is 71.0 Å². The smallest absolute Gasteiger partial charge is 0.338 e. The summed E-state index contributed by atoms with van der Waals surface area (Å²) >= 11 is 1.51. The Morgan fingerprint density at radius 2 is 1.97 bits per heavy atom. The van der Waals surface area contributed by atoms with Crippen LogP contribution in [-0.2, 0) is 14.3 Å². The summed E-state index contributed by atoms with van der Waals surface area (Å²) in [6, 6.07) is 8.32. The molecule has 5 rings (SSSR count). The van der Waals surface area contributed by atoms with E-state index in [9.17, 15) is 9.59 Å². The van der Waals surface area contributed by atoms with Gasteiger partial charge in [-0.25, -0.2) is 9.79 Å². The van der Waals surface area contributed by atoms with Crippen molar-refractivity contribution in [3.05, 3.63) is 57.8 Å². The number of fused-ring (bicyclic) bond motifs is 3. The van der Waals surface area contributed by atoms with Crippen LogP contribution in [0.4, 0.5) is 0 Å². The van der Waals surface area contributed by atoms with Crippen molar-refractivity contribution >= 4 is 28.8 Å². The molecule has 1 N–H and O–H groups in total. The molecule has 0 radical (unpaired) electrons. The average Bonchev–Trinajstić information content (AvgIpc) is 3.54. The molecule has 0 aromatic heterocycles. The quantitative estimate of drug-likeness (QED) is 0.564. The summed E-state index contributed by atoms with van der Waals surface area (Å²) in [5.74, 6) is 1.50. The van der Waals surface area contributed by atoms with Gasteiger partial charge >= 0.3 is 5.97 Å². The van der Waals surface area contributed by atoms with E-state index < -0.39 is 0 Å². The zero-order chi connectivity index (χ0) is 24.0. The average molecular weight is 480 g/mol. The Hall–Kier alpha value is -2.54. The van der Waals surface area contributed by atoms with Gasteiger partial charge in [-0.1, -0.05) is 56.3 Å². The molecule has 0 spiro atoms. The molecule has 0 saturated heterocycles. The molecule has 0 unspecified atom stereocenters. The molecule has 2 aliphatic carbocycles. The standard InChI is InChI=1S/C27H33N3O3S/c1-15(2)18-7-9-19(10-8-18)25-24(26(32)33-4)16(3)28-27-30(25)21(14-34-27)13-23(31)29-22-12-17-5-6-20(22)11-17/h7-10,14-15,17,20,22,25H,5-6,11-13H2,1-4H3,(H,29,31)/t17-,20-,22+,25+/m0/s1. The molecule has 1 amide bonds. The summed E-state index contributed by atoms with van der Waals surface area (Å²) in [7, 11) is 1.40. The van der Waals surface area contributed by atoms with Gasteiger partial charge in [-0.2, -0.15) is 0 Å². The SMILES string of the molecule is COC(=O)C1=C(C)N=C2SC=C(CC(=O)N[C@@H]3C[C@H]4CC[C@H]3C4)N2[C@@H]1c1ccc(C(C)C)cc1. The zero-order valence-electron chi connectivity index (χ0n) is 20.3. The third-order valence-corrected chi connectivity index (χ3v) is 8.64. The number of esters is 1. The number of amidine groups is 1. The van der Waals surface area contributed by atoms with Crippen molar-refractivity contribution < 1.29 is 14.3 Å². The van der Waals surface area contributed by atoms with Crippen molar-refractivity contribution in [1.29, 1.82) is 0 Å². The van der Waals surface area contributed by atoms with E-state index in [0.717, 1.165) is 28.8 Å². The molecule has 2 saturated carbocycles. The third-order valence-electron chi connectivity index (χ3n) is 7.75. The highest BCUT2D eigenvalue weighted by molar-refractivity contribution is 8.16. The van der Waals surface area contributed by atoms with Crippen molar-refractivity contribution in [3.8, 4) is 0 Å². The number of methoxy groups -OCH3 is 1. The molecule has 1 aromatic carbocycles. The lowest BCUT2D eigenvalue weighted by atomic mass is 9.92. The molecular formula is C27H33N3O3S. The molecule has 2 heterocycles. The van der Waals surface area contributed by atoms with Gasteiger partial charge in [0.2, 0.25) is 5.91 Å². The van der Waals surface area contributed by atoms with Gasteiger partial charge in [-0.15, -0.1) is 0 Å². The molecular weight excluding hydrogens is 446 g/mol. The Balaban J connectivity index is 1.42. The molecule has 7 heteroatoms. The number of carbonyl (C=O) groups is 2. The van der Waals surface area contributed by atoms with Gasteiger partial charge in [-0.05, 0) is 60.5 Å². The van der Waals surface area contributed by atoms with E-state index in [1.54, 1.807) is 0 Å². The number of carbonyl (C=O) groups excluding carboxylic acids is 2. The van der Waals surface area contributed by atoms with Crippen molar-refractivity contribution in [2.45, 2.75) is 70.9 Å². The van der Waals surface area contributed by atoms with Gasteiger partial charge in [0.1, 0.15) is 0 Å². The van der Waals surface area contributed by atoms with Crippen LogP contribution in [0.1, 0.15) is 76.0 Å². The van der Waals surface area contributed by atoms with Crippen molar-refractivity contribution in [2.24, 2.45) is 16.8 Å². The monoisotopic (exact) mass is 479 g/mol. The molecule has 2 bridgehead atoms. The van der Waals surface area contributed by atoms with E-state index in [4.69, 9.17) is 9.73 Å². The van der Waals surface area contributed by atoms with Crippen LogP contribution in [-0.4, -0.2) is 35.1 Å². The number of hydrogen-bond acceptors (Lipinski definition) is 6. The predicted molar refractivity (Wildman–Crippen MR) is 135 cm³/mol. The highest BCUT2D eigenvalue weighted by Gasteiger charge is 2.42. The maximum Gasteiger partial charge on any atom is 0.338 e. The van der Waals surface area contributed by atoms with Gasteiger partial charge in [0, 0.05) is 11.7 Å². The lowest BCUT2D eigenvalue weighted by Crippen LogP contribution is -2.41. The largest absolute Gasteiger partial charge is 0.466 e. The number of nitrogens with zero attached hydrogens (tertiary/aromatic N) is 2. The minimum Gasteiger partial charge on any atom is -0.466 e. The van der Waals surface area contributed by atoms with Gasteiger partial charge in [-0.3, -0.25) is 4.79 Å². The highest BCUT2D eigenvalue weighted by atomic mass is 32.2. The summed E-state index contributed by atoms with van der Waals surface area (Å²) in [6.45, 7) is 6.18. The Bertz CT molecular complexity index is 1090. The van der Waals surface area contributed by atoms with E-state index in [0.29, 0.717) is 29.1 Å². The zero-order valence-corrected chi connectivity index (χ0v) is 21.2. The summed E-state index contributed by atoms with van der Waals surface area (Å²) in [5.41, 5.74) is 4.27. The van der Waals surface area contributed by atoms with Gasteiger partial charge < -0.3 is 15.0 Å². The minimum absolute atomic E-state index is 0.0467. The van der Waals surface area contributed by atoms with E-state index >= 15 is 0 Å². The first-order chi connectivity index (χ1) is 16.4. The van der Waals surface area contributed by atoms with Crippen LogP contribution in [0.2, 0.25) is 0 Å². The molecule has 2 aliphatic heterocycles. The van der Waals surface area contributed by atoms with Crippen LogP contribution < -0.4 is 5.32 Å². The van der Waals surface area contributed by atoms with Crippen LogP contribution in [0.3, 0.4) is 0 Å². The molecule has 6 nitrogen and oxygen atoms in total. The second kappa shape index (κ2) is 9.25. The maximum absolute atomic E-state index is 13.1. The Morgan fingerprint density at radius 3 is 2.59 bits per heavy atom. The number of rotatable bonds is 6. The van der Waals surface area contributed by atoms with Crippen molar-refractivity contribution in [1.82, 2.24) is 10.2 Å². The second-order valence-corrected chi connectivity index (χ2v) is 11.1. The van der Waals surface area contributed by atoms with Crippen molar-refractivity contribution in [2.75, 3.05) is 7.11 Å². The molecule has 4 aliphatic rings. The molecule has 4 atom stereocenters. The Labute approximate surface area is 205 Å². The third kappa shape index (κ3) is 4.19. The molecule has 180 valence electrons. The highest BCUT2D eigenvalue weighted by Crippen LogP contribution is 2.46. The summed E-state index contributed by atoms with van der Waals surface area (Å²) in [4.78, 5) is 32.7. The number of nitrogens with one attached hydrogen (secondary N) is 1. The van der Waals surface area contributed by atoms with Crippen molar-refractivity contribution in [3.63, 3.8) is 0 Å². The lowest BCUT2D eigenvalue weighted by Gasteiger charge is -2.36. The summed E-state index contributed by atoms with van der Waals surface area (Å²) in [5, 5.41) is 6.10. The minimum atomic E-state index is -0.388. The maximum atomic E-state index is 13.1. The Kier molecular flexibility index (Phi) is 6.32. The van der Waals surface area contributed by atoms with Crippen LogP contribution in [0.25, 0.3) is 0 Å². The fourth-order valence-electron chi connectivity index (χ4n) is 5.96. The summed E-state index contributed by atoms with van der Waals surface area (Å²) in [6.07, 6.45) is 5.19. The number of ether oxygens (including phenoxy) is 1. The predicted octanol–water partition coefficient (Wildman–Crippen LogP) is 5.25. The number of aliphatic imine (C=N–C) groups is 1. The lowest BCUT2D eigenvalue weighted by molar-refractivity contribution is -0.136. The Morgan fingerprint density at radius 1 is 1.21 bits per heavy atom. The number of allylic oxidation sites excluding steroid dienone is 1. The first-order valence-corrected chi connectivity index (χ1v) is 13.2. The molecule has 34 heavy (non-hydrogen) atoms. The van der Waals surface area contributed by atoms with Crippen LogP contribution in [0, 0.1) is 11.8 Å².